The van der Waals surface area contributed by atoms with Gasteiger partial charge in [0.2, 0.25) is 5.91 Å². The first-order valence-corrected chi connectivity index (χ1v) is 6.33. The quantitative estimate of drug-likeness (QED) is 0.830. The predicted octanol–water partition coefficient (Wildman–Crippen LogP) is 1.48. The molecular formula is C14H20N2O2. The Hall–Kier alpha value is -1.55. The lowest BCUT2D eigenvalue weighted by Gasteiger charge is -2.27. The van der Waals surface area contributed by atoms with Gasteiger partial charge in [0, 0.05) is 12.0 Å². The minimum absolute atomic E-state index is 0.0262. The molecule has 0 spiro atoms. The van der Waals surface area contributed by atoms with Crippen LogP contribution in [0.1, 0.15) is 24.9 Å². The molecule has 0 aliphatic carbocycles. The largest absolute Gasteiger partial charge is 0.496 e. The van der Waals surface area contributed by atoms with Crippen molar-refractivity contribution in [1.29, 1.82) is 0 Å². The number of hydrogen-bond acceptors (Lipinski definition) is 3. The highest BCUT2D eigenvalue weighted by Gasteiger charge is 2.21. The topological polar surface area (TPSA) is 50.4 Å². The lowest BCUT2D eigenvalue weighted by Crippen LogP contribution is -2.44. The summed E-state index contributed by atoms with van der Waals surface area (Å²) in [5.74, 6) is 1.42. The van der Waals surface area contributed by atoms with Crippen LogP contribution in [-0.4, -0.2) is 26.1 Å². The van der Waals surface area contributed by atoms with Crippen LogP contribution in [0.2, 0.25) is 0 Å². The highest BCUT2D eigenvalue weighted by molar-refractivity contribution is 5.77. The van der Waals surface area contributed by atoms with Crippen LogP contribution >= 0.6 is 0 Å². The molecule has 1 aromatic rings. The van der Waals surface area contributed by atoms with Crippen LogP contribution in [0, 0.1) is 5.92 Å². The molecule has 98 valence electrons. The van der Waals surface area contributed by atoms with Gasteiger partial charge in [-0.3, -0.25) is 4.79 Å². The first kappa shape index (κ1) is 12.9. The van der Waals surface area contributed by atoms with Crippen LogP contribution in [0.5, 0.6) is 5.75 Å². The van der Waals surface area contributed by atoms with Crippen molar-refractivity contribution in [2.24, 2.45) is 5.92 Å². The summed E-state index contributed by atoms with van der Waals surface area (Å²) in [6.07, 6.45) is 0.604. The van der Waals surface area contributed by atoms with E-state index in [-0.39, 0.29) is 11.9 Å². The number of methoxy groups -OCH3 is 1. The fraction of sp³-hybridized carbons (Fsp3) is 0.500. The molecule has 1 heterocycles. The van der Waals surface area contributed by atoms with E-state index in [2.05, 4.69) is 10.6 Å². The number of para-hydroxylation sites is 1. The smallest absolute Gasteiger partial charge is 0.220 e. The maximum atomic E-state index is 11.8. The number of amides is 1. The number of benzene rings is 1. The Morgan fingerprint density at radius 1 is 1.50 bits per heavy atom. The molecule has 1 saturated heterocycles. The van der Waals surface area contributed by atoms with Crippen LogP contribution in [0.25, 0.3) is 0 Å². The van der Waals surface area contributed by atoms with Crippen molar-refractivity contribution in [3.63, 3.8) is 0 Å². The zero-order chi connectivity index (χ0) is 13.0. The molecule has 2 rings (SSSR count). The van der Waals surface area contributed by atoms with Crippen molar-refractivity contribution in [2.45, 2.75) is 19.4 Å². The number of rotatable bonds is 5. The maximum Gasteiger partial charge on any atom is 0.220 e. The van der Waals surface area contributed by atoms with Gasteiger partial charge in [0.1, 0.15) is 5.75 Å². The van der Waals surface area contributed by atoms with Gasteiger partial charge in [0.25, 0.3) is 0 Å². The van der Waals surface area contributed by atoms with Gasteiger partial charge >= 0.3 is 0 Å². The molecule has 1 aliphatic heterocycles. The van der Waals surface area contributed by atoms with E-state index in [0.717, 1.165) is 24.4 Å². The lowest BCUT2D eigenvalue weighted by molar-refractivity contribution is -0.123. The molecule has 0 unspecified atom stereocenters. The highest BCUT2D eigenvalue weighted by atomic mass is 16.5. The van der Waals surface area contributed by atoms with E-state index < -0.39 is 0 Å². The Labute approximate surface area is 108 Å². The summed E-state index contributed by atoms with van der Waals surface area (Å²) in [5, 5.41) is 6.19. The number of nitrogens with one attached hydrogen (secondary N) is 2. The third-order valence-corrected chi connectivity index (χ3v) is 3.32. The number of carbonyl (C=O) groups excluding carboxylic acids is 1. The van der Waals surface area contributed by atoms with Crippen molar-refractivity contribution in [3.05, 3.63) is 29.8 Å². The first-order valence-electron chi connectivity index (χ1n) is 6.33. The Morgan fingerprint density at radius 2 is 2.22 bits per heavy atom. The lowest BCUT2D eigenvalue weighted by atomic mass is 9.98. The SMILES string of the molecule is COc1ccccc1[C@@H](C)NC(=O)CC1CNC1. The molecule has 18 heavy (non-hydrogen) atoms. The van der Waals surface area contributed by atoms with Gasteiger partial charge < -0.3 is 15.4 Å². The third-order valence-electron chi connectivity index (χ3n) is 3.32. The Kier molecular flexibility index (Phi) is 4.20. The second kappa shape index (κ2) is 5.87. The summed E-state index contributed by atoms with van der Waals surface area (Å²) in [4.78, 5) is 11.8. The van der Waals surface area contributed by atoms with Crippen LogP contribution in [0.15, 0.2) is 24.3 Å². The van der Waals surface area contributed by atoms with Crippen LogP contribution in [-0.2, 0) is 4.79 Å². The van der Waals surface area contributed by atoms with Gasteiger partial charge in [-0.1, -0.05) is 18.2 Å². The van der Waals surface area contributed by atoms with Crippen molar-refractivity contribution in [3.8, 4) is 5.75 Å². The van der Waals surface area contributed by atoms with Gasteiger partial charge in [0.15, 0.2) is 0 Å². The molecular weight excluding hydrogens is 228 g/mol. The van der Waals surface area contributed by atoms with Crippen LogP contribution < -0.4 is 15.4 Å². The highest BCUT2D eigenvalue weighted by Crippen LogP contribution is 2.24. The van der Waals surface area contributed by atoms with Gasteiger partial charge in [-0.05, 0) is 32.0 Å². The molecule has 0 bridgehead atoms. The van der Waals surface area contributed by atoms with Gasteiger partial charge in [-0.2, -0.15) is 0 Å². The summed E-state index contributed by atoms with van der Waals surface area (Å²) in [6.45, 7) is 3.89. The van der Waals surface area contributed by atoms with E-state index in [1.54, 1.807) is 7.11 Å². The normalized spacial score (nSPS) is 16.8. The van der Waals surface area contributed by atoms with E-state index in [1.165, 1.54) is 0 Å². The van der Waals surface area contributed by atoms with E-state index in [1.807, 2.05) is 31.2 Å². The first-order chi connectivity index (χ1) is 8.70. The molecule has 1 amide bonds. The zero-order valence-electron chi connectivity index (χ0n) is 10.9. The molecule has 1 aromatic carbocycles. The minimum atomic E-state index is -0.0262. The van der Waals surface area contributed by atoms with E-state index >= 15 is 0 Å². The Bertz CT molecular complexity index is 416. The fourth-order valence-electron chi connectivity index (χ4n) is 2.16. The third kappa shape index (κ3) is 3.01. The average molecular weight is 248 g/mol. The van der Waals surface area contributed by atoms with Gasteiger partial charge in [-0.15, -0.1) is 0 Å². The predicted molar refractivity (Wildman–Crippen MR) is 70.5 cm³/mol. The second-order valence-electron chi connectivity index (χ2n) is 4.76. The molecule has 2 N–H and O–H groups in total. The number of ether oxygens (including phenoxy) is 1. The summed E-state index contributed by atoms with van der Waals surface area (Å²) >= 11 is 0. The summed E-state index contributed by atoms with van der Waals surface area (Å²) in [6, 6.07) is 7.75. The van der Waals surface area contributed by atoms with Crippen LogP contribution in [0.4, 0.5) is 0 Å². The standard InChI is InChI=1S/C14H20N2O2/c1-10(12-5-3-4-6-13(12)18-2)16-14(17)7-11-8-15-9-11/h3-6,10-11,15H,7-9H2,1-2H3,(H,16,17)/t10-/m1/s1. The molecule has 4 heteroatoms. The summed E-state index contributed by atoms with van der Waals surface area (Å²) < 4.78 is 5.30. The molecule has 0 aromatic heterocycles. The molecule has 1 atom stereocenters. The monoisotopic (exact) mass is 248 g/mol. The van der Waals surface area contributed by atoms with Crippen molar-refractivity contribution in [1.82, 2.24) is 10.6 Å². The zero-order valence-corrected chi connectivity index (χ0v) is 10.9. The Balaban J connectivity index is 1.93. The second-order valence-corrected chi connectivity index (χ2v) is 4.76. The average Bonchev–Trinajstić information content (AvgIpc) is 2.33. The fourth-order valence-corrected chi connectivity index (χ4v) is 2.16. The molecule has 1 aliphatic rings. The Morgan fingerprint density at radius 3 is 2.83 bits per heavy atom. The summed E-state index contributed by atoms with van der Waals surface area (Å²) in [5.41, 5.74) is 1.01. The van der Waals surface area contributed by atoms with Gasteiger partial charge in [-0.25, -0.2) is 0 Å². The van der Waals surface area contributed by atoms with E-state index in [9.17, 15) is 4.79 Å². The molecule has 4 nitrogen and oxygen atoms in total. The van der Waals surface area contributed by atoms with Gasteiger partial charge in [0.05, 0.1) is 13.2 Å². The van der Waals surface area contributed by atoms with E-state index in [0.29, 0.717) is 12.3 Å². The molecule has 1 fully saturated rings. The van der Waals surface area contributed by atoms with Crippen molar-refractivity contribution < 1.29 is 9.53 Å². The maximum absolute atomic E-state index is 11.8. The van der Waals surface area contributed by atoms with Crippen molar-refractivity contribution >= 4 is 5.91 Å². The van der Waals surface area contributed by atoms with Crippen molar-refractivity contribution in [2.75, 3.05) is 20.2 Å². The summed E-state index contributed by atoms with van der Waals surface area (Å²) in [7, 11) is 1.65. The van der Waals surface area contributed by atoms with Crippen LogP contribution in [0.3, 0.4) is 0 Å². The van der Waals surface area contributed by atoms with E-state index in [4.69, 9.17) is 4.74 Å². The number of carbonyl (C=O) groups is 1. The minimum Gasteiger partial charge on any atom is -0.496 e. The number of hydrogen-bond donors (Lipinski definition) is 2. The molecule has 0 radical (unpaired) electrons. The molecule has 0 saturated carbocycles.